The van der Waals surface area contributed by atoms with Gasteiger partial charge in [0.25, 0.3) is 0 Å². The summed E-state index contributed by atoms with van der Waals surface area (Å²) in [4.78, 5) is 24.0. The Hall–Kier alpha value is -3.08. The second-order valence-electron chi connectivity index (χ2n) is 6.68. The average Bonchev–Trinajstić information content (AvgIpc) is 2.62. The average molecular weight is 366 g/mol. The van der Waals surface area contributed by atoms with Crippen molar-refractivity contribution >= 4 is 16.9 Å². The Bertz CT molecular complexity index is 1060. The predicted octanol–water partition coefficient (Wildman–Crippen LogP) is 3.96. The lowest BCUT2D eigenvalue weighted by molar-refractivity contribution is -0.144. The lowest BCUT2D eigenvalue weighted by Gasteiger charge is -2.10. The van der Waals surface area contributed by atoms with Crippen molar-refractivity contribution in [3.63, 3.8) is 0 Å². The van der Waals surface area contributed by atoms with Gasteiger partial charge in [-0.3, -0.25) is 4.79 Å². The van der Waals surface area contributed by atoms with Crippen LogP contribution in [0.3, 0.4) is 0 Å². The second-order valence-corrected chi connectivity index (χ2v) is 6.68. The summed E-state index contributed by atoms with van der Waals surface area (Å²) in [6.07, 6.45) is 0.800. The summed E-state index contributed by atoms with van der Waals surface area (Å²) in [7, 11) is 0. The van der Waals surface area contributed by atoms with E-state index in [0.717, 1.165) is 16.7 Å². The third kappa shape index (κ3) is 4.19. The first-order valence-corrected chi connectivity index (χ1v) is 8.87. The van der Waals surface area contributed by atoms with E-state index in [1.807, 2.05) is 39.0 Å². The molecule has 1 aromatic heterocycles. The number of esters is 1. The number of phenolic OH excluding ortho intramolecular Hbond substituents is 1. The SMILES string of the molecule is CCc1cc2c(COC(=O)Cc3ccc(C)c(C)c3)cc(=O)oc2cc1O. The molecule has 0 aliphatic heterocycles. The van der Waals surface area contributed by atoms with Gasteiger partial charge in [-0.05, 0) is 48.6 Å². The molecule has 5 nitrogen and oxygen atoms in total. The fourth-order valence-corrected chi connectivity index (χ4v) is 3.00. The van der Waals surface area contributed by atoms with Crippen molar-refractivity contribution in [2.24, 2.45) is 0 Å². The summed E-state index contributed by atoms with van der Waals surface area (Å²) in [5.74, 6) is -0.286. The molecule has 0 bridgehead atoms. The topological polar surface area (TPSA) is 76.7 Å². The molecular weight excluding hydrogens is 344 g/mol. The van der Waals surface area contributed by atoms with Gasteiger partial charge in [0.1, 0.15) is 17.9 Å². The van der Waals surface area contributed by atoms with Crippen LogP contribution in [-0.2, 0) is 29.0 Å². The highest BCUT2D eigenvalue weighted by Crippen LogP contribution is 2.27. The molecule has 0 atom stereocenters. The van der Waals surface area contributed by atoms with Crippen LogP contribution in [0.1, 0.15) is 34.7 Å². The van der Waals surface area contributed by atoms with E-state index < -0.39 is 5.63 Å². The Balaban J connectivity index is 1.80. The first-order valence-electron chi connectivity index (χ1n) is 8.87. The number of carbonyl (C=O) groups excluding carboxylic acids is 1. The zero-order valence-electron chi connectivity index (χ0n) is 15.7. The largest absolute Gasteiger partial charge is 0.508 e. The number of fused-ring (bicyclic) bond motifs is 1. The van der Waals surface area contributed by atoms with Crippen LogP contribution in [-0.4, -0.2) is 11.1 Å². The highest BCUT2D eigenvalue weighted by molar-refractivity contribution is 5.83. The van der Waals surface area contributed by atoms with Crippen molar-refractivity contribution in [1.82, 2.24) is 0 Å². The summed E-state index contributed by atoms with van der Waals surface area (Å²) >= 11 is 0. The molecule has 0 aliphatic rings. The fourth-order valence-electron chi connectivity index (χ4n) is 3.00. The van der Waals surface area contributed by atoms with E-state index in [9.17, 15) is 14.7 Å². The molecule has 3 aromatic rings. The number of carbonyl (C=O) groups is 1. The van der Waals surface area contributed by atoms with Crippen LogP contribution in [0.2, 0.25) is 0 Å². The smallest absolute Gasteiger partial charge is 0.336 e. The Kier molecular flexibility index (Phi) is 5.31. The molecule has 0 saturated heterocycles. The summed E-state index contributed by atoms with van der Waals surface area (Å²) in [5, 5.41) is 10.6. The van der Waals surface area contributed by atoms with Crippen molar-refractivity contribution in [2.75, 3.05) is 0 Å². The zero-order chi connectivity index (χ0) is 19.6. The van der Waals surface area contributed by atoms with Gasteiger partial charge in [-0.2, -0.15) is 0 Å². The minimum Gasteiger partial charge on any atom is -0.508 e. The van der Waals surface area contributed by atoms with Crippen molar-refractivity contribution in [3.05, 3.63) is 74.6 Å². The molecule has 5 heteroatoms. The molecule has 0 saturated carbocycles. The van der Waals surface area contributed by atoms with E-state index in [-0.39, 0.29) is 30.3 Å². The van der Waals surface area contributed by atoms with Crippen LogP contribution in [0.25, 0.3) is 11.0 Å². The van der Waals surface area contributed by atoms with Gasteiger partial charge in [0.2, 0.25) is 0 Å². The zero-order valence-corrected chi connectivity index (χ0v) is 15.7. The molecule has 1 heterocycles. The maximum absolute atomic E-state index is 12.2. The predicted molar refractivity (Wildman–Crippen MR) is 103 cm³/mol. The number of hydrogen-bond donors (Lipinski definition) is 1. The quantitative estimate of drug-likeness (QED) is 0.546. The number of aromatic hydroxyl groups is 1. The van der Waals surface area contributed by atoms with Crippen LogP contribution >= 0.6 is 0 Å². The standard InChI is InChI=1S/C22H22O5/c1-4-16-9-18-17(10-22(25)27-20(18)11-19(16)23)12-26-21(24)8-15-6-5-13(2)14(3)7-15/h5-7,9-11,23H,4,8,12H2,1-3H3. The molecule has 1 N–H and O–H groups in total. The fraction of sp³-hybridized carbons (Fsp3) is 0.273. The van der Waals surface area contributed by atoms with Crippen LogP contribution < -0.4 is 5.63 Å². The van der Waals surface area contributed by atoms with E-state index in [1.54, 1.807) is 6.07 Å². The lowest BCUT2D eigenvalue weighted by atomic mass is 10.0. The maximum Gasteiger partial charge on any atom is 0.336 e. The summed E-state index contributed by atoms with van der Waals surface area (Å²) in [6, 6.07) is 10.4. The van der Waals surface area contributed by atoms with Gasteiger partial charge >= 0.3 is 11.6 Å². The van der Waals surface area contributed by atoms with Crippen molar-refractivity contribution < 1.29 is 19.1 Å². The summed E-state index contributed by atoms with van der Waals surface area (Å²) in [5.41, 5.74) is 4.20. The van der Waals surface area contributed by atoms with Gasteiger partial charge in [0, 0.05) is 23.1 Å². The molecule has 0 aliphatic carbocycles. The van der Waals surface area contributed by atoms with Gasteiger partial charge < -0.3 is 14.3 Å². The van der Waals surface area contributed by atoms with Gasteiger partial charge in [-0.15, -0.1) is 0 Å². The molecule has 140 valence electrons. The van der Waals surface area contributed by atoms with Crippen LogP contribution in [0.5, 0.6) is 5.75 Å². The molecule has 2 aromatic carbocycles. The first kappa shape index (κ1) is 18.7. The van der Waals surface area contributed by atoms with Gasteiger partial charge in [-0.25, -0.2) is 4.79 Å². The van der Waals surface area contributed by atoms with Gasteiger partial charge in [0.05, 0.1) is 6.42 Å². The van der Waals surface area contributed by atoms with E-state index in [2.05, 4.69) is 0 Å². The molecule has 0 unspecified atom stereocenters. The minimum atomic E-state index is -0.550. The third-order valence-corrected chi connectivity index (χ3v) is 4.72. The molecule has 0 spiro atoms. The van der Waals surface area contributed by atoms with E-state index >= 15 is 0 Å². The highest BCUT2D eigenvalue weighted by atomic mass is 16.5. The first-order chi connectivity index (χ1) is 12.9. The highest BCUT2D eigenvalue weighted by Gasteiger charge is 2.12. The maximum atomic E-state index is 12.2. The number of rotatable bonds is 5. The monoisotopic (exact) mass is 366 g/mol. The molecular formula is C22H22O5. The summed E-state index contributed by atoms with van der Waals surface area (Å²) < 4.78 is 10.5. The molecule has 3 rings (SSSR count). The third-order valence-electron chi connectivity index (χ3n) is 4.72. The Morgan fingerprint density at radius 1 is 1.07 bits per heavy atom. The van der Waals surface area contributed by atoms with Crippen LogP contribution in [0.4, 0.5) is 0 Å². The van der Waals surface area contributed by atoms with Crippen molar-refractivity contribution in [2.45, 2.75) is 40.2 Å². The van der Waals surface area contributed by atoms with Gasteiger partial charge in [0.15, 0.2) is 0 Å². The molecule has 0 radical (unpaired) electrons. The number of phenols is 1. The minimum absolute atomic E-state index is 0.0281. The van der Waals surface area contributed by atoms with E-state index in [0.29, 0.717) is 17.4 Å². The number of ether oxygens (including phenoxy) is 1. The Morgan fingerprint density at radius 2 is 1.85 bits per heavy atom. The van der Waals surface area contributed by atoms with Crippen molar-refractivity contribution in [1.29, 1.82) is 0 Å². The Labute approximate surface area is 157 Å². The number of benzene rings is 2. The summed E-state index contributed by atoms with van der Waals surface area (Å²) in [6.45, 7) is 5.91. The van der Waals surface area contributed by atoms with Crippen molar-refractivity contribution in [3.8, 4) is 5.75 Å². The number of aryl methyl sites for hydroxylation is 3. The molecule has 27 heavy (non-hydrogen) atoms. The lowest BCUT2D eigenvalue weighted by Crippen LogP contribution is -2.10. The van der Waals surface area contributed by atoms with E-state index in [1.165, 1.54) is 17.7 Å². The normalized spacial score (nSPS) is 10.9. The van der Waals surface area contributed by atoms with Crippen LogP contribution in [0, 0.1) is 13.8 Å². The molecule has 0 fully saturated rings. The van der Waals surface area contributed by atoms with Gasteiger partial charge in [-0.1, -0.05) is 25.1 Å². The van der Waals surface area contributed by atoms with Crippen LogP contribution in [0.15, 0.2) is 45.6 Å². The van der Waals surface area contributed by atoms with E-state index in [4.69, 9.17) is 9.15 Å². The second kappa shape index (κ2) is 7.66. The Morgan fingerprint density at radius 3 is 2.56 bits per heavy atom. The molecule has 0 amide bonds. The number of hydrogen-bond acceptors (Lipinski definition) is 5.